The second-order valence-electron chi connectivity index (χ2n) is 11.3. The summed E-state index contributed by atoms with van der Waals surface area (Å²) in [5.41, 5.74) is 4.90. The van der Waals surface area contributed by atoms with E-state index in [1.807, 2.05) is 80.6 Å². The molecule has 4 N–H and O–H groups in total. The van der Waals surface area contributed by atoms with Crippen molar-refractivity contribution in [3.05, 3.63) is 95.4 Å². The Morgan fingerprint density at radius 1 is 1.02 bits per heavy atom. The first-order valence-electron chi connectivity index (χ1n) is 14.5. The van der Waals surface area contributed by atoms with E-state index >= 15 is 0 Å². The van der Waals surface area contributed by atoms with Gasteiger partial charge in [-0.15, -0.1) is 0 Å². The Balaban J connectivity index is 1.33. The third-order valence-electron chi connectivity index (χ3n) is 7.99. The molecule has 226 valence electrons. The van der Waals surface area contributed by atoms with E-state index in [1.165, 1.54) is 12.1 Å². The van der Waals surface area contributed by atoms with Crippen molar-refractivity contribution in [1.82, 2.24) is 20.1 Å². The lowest BCUT2D eigenvalue weighted by Gasteiger charge is -2.37. The van der Waals surface area contributed by atoms with E-state index in [0.29, 0.717) is 37.4 Å². The monoisotopic (exact) mass is 586 g/mol. The number of aromatic nitrogens is 1. The molecule has 1 aliphatic heterocycles. The highest BCUT2D eigenvalue weighted by molar-refractivity contribution is 5.98. The van der Waals surface area contributed by atoms with Gasteiger partial charge in [0.05, 0.1) is 6.61 Å². The maximum Gasteiger partial charge on any atom is 0.318 e. The minimum absolute atomic E-state index is 0.269. The Kier molecular flexibility index (Phi) is 9.27. The van der Waals surface area contributed by atoms with Gasteiger partial charge in [0, 0.05) is 72.7 Å². The first-order valence-corrected chi connectivity index (χ1v) is 14.5. The lowest BCUT2D eigenvalue weighted by molar-refractivity contribution is -0.118. The average molecular weight is 587 g/mol. The van der Waals surface area contributed by atoms with Crippen LogP contribution >= 0.6 is 0 Å². The molecule has 3 amide bonds. The highest BCUT2D eigenvalue weighted by Crippen LogP contribution is 2.29. The molecule has 1 fully saturated rings. The number of para-hydroxylation sites is 1. The van der Waals surface area contributed by atoms with Crippen LogP contribution in [0.3, 0.4) is 0 Å². The second kappa shape index (κ2) is 13.3. The quantitative estimate of drug-likeness (QED) is 0.231. The van der Waals surface area contributed by atoms with Gasteiger partial charge in [0.1, 0.15) is 11.9 Å². The van der Waals surface area contributed by atoms with E-state index < -0.39 is 11.9 Å². The molecule has 1 aliphatic rings. The van der Waals surface area contributed by atoms with Crippen LogP contribution in [0, 0.1) is 5.82 Å². The number of aliphatic hydroxyl groups excluding tert-OH is 1. The summed E-state index contributed by atoms with van der Waals surface area (Å²) in [6, 6.07) is 18.8. The molecular weight excluding hydrogens is 547 g/mol. The third-order valence-corrected chi connectivity index (χ3v) is 7.99. The molecule has 4 aromatic rings. The largest absolute Gasteiger partial charge is 0.392 e. The topological polar surface area (TPSA) is 104 Å². The third kappa shape index (κ3) is 6.98. The number of carbonyl (C=O) groups is 2. The van der Waals surface area contributed by atoms with Crippen molar-refractivity contribution in [2.24, 2.45) is 0 Å². The zero-order valence-electron chi connectivity index (χ0n) is 24.8. The zero-order chi connectivity index (χ0) is 30.5. The van der Waals surface area contributed by atoms with Crippen LogP contribution in [0.15, 0.2) is 72.9 Å². The van der Waals surface area contributed by atoms with Crippen molar-refractivity contribution in [1.29, 1.82) is 0 Å². The minimum atomic E-state index is -0.847. The molecule has 2 unspecified atom stereocenters. The molecule has 2 heterocycles. The van der Waals surface area contributed by atoms with Crippen molar-refractivity contribution in [3.8, 4) is 0 Å². The molecule has 1 aromatic heterocycles. The molecule has 0 spiro atoms. The first kappa shape index (κ1) is 30.1. The normalized spacial score (nSPS) is 15.0. The molecule has 0 saturated carbocycles. The van der Waals surface area contributed by atoms with Gasteiger partial charge < -0.3 is 35.4 Å². The number of nitrogens with one attached hydrogen (secondary N) is 3. The van der Waals surface area contributed by atoms with Crippen molar-refractivity contribution in [3.63, 3.8) is 0 Å². The van der Waals surface area contributed by atoms with Gasteiger partial charge in [-0.1, -0.05) is 37.3 Å². The van der Waals surface area contributed by atoms with E-state index in [2.05, 4.69) is 20.5 Å². The number of fused-ring (bicyclic) bond motifs is 1. The summed E-state index contributed by atoms with van der Waals surface area (Å²) >= 11 is 0. The number of carbonyl (C=O) groups excluding carboxylic acids is 2. The van der Waals surface area contributed by atoms with Gasteiger partial charge in [-0.25, -0.2) is 9.18 Å². The van der Waals surface area contributed by atoms with Gasteiger partial charge in [0.25, 0.3) is 0 Å². The molecule has 10 heteroatoms. The van der Waals surface area contributed by atoms with Gasteiger partial charge in [0.2, 0.25) is 5.91 Å². The van der Waals surface area contributed by atoms with Crippen LogP contribution in [-0.4, -0.2) is 78.1 Å². The van der Waals surface area contributed by atoms with E-state index in [0.717, 1.165) is 34.3 Å². The van der Waals surface area contributed by atoms with Crippen LogP contribution in [0.25, 0.3) is 10.9 Å². The number of benzene rings is 3. The molecule has 2 atom stereocenters. The Morgan fingerprint density at radius 2 is 1.79 bits per heavy atom. The van der Waals surface area contributed by atoms with Crippen molar-refractivity contribution in [2.45, 2.75) is 32.0 Å². The van der Waals surface area contributed by atoms with Crippen molar-refractivity contribution in [2.75, 3.05) is 50.5 Å². The number of amides is 3. The molecule has 9 nitrogen and oxygen atoms in total. The molecule has 3 aromatic carbocycles. The number of hydrogen-bond donors (Lipinski definition) is 4. The number of piperazine rings is 1. The van der Waals surface area contributed by atoms with Crippen LogP contribution in [0.2, 0.25) is 0 Å². The van der Waals surface area contributed by atoms with Crippen molar-refractivity contribution < 1.29 is 19.1 Å². The predicted molar refractivity (Wildman–Crippen MR) is 168 cm³/mol. The number of urea groups is 1. The Labute approximate surface area is 251 Å². The van der Waals surface area contributed by atoms with Crippen LogP contribution < -0.4 is 15.5 Å². The van der Waals surface area contributed by atoms with Gasteiger partial charge in [0.15, 0.2) is 0 Å². The summed E-state index contributed by atoms with van der Waals surface area (Å²) < 4.78 is 13.7. The number of nitrogens with zero attached hydrogens (tertiary/aromatic N) is 3. The second-order valence-corrected chi connectivity index (χ2v) is 11.3. The summed E-state index contributed by atoms with van der Waals surface area (Å²) in [6.07, 6.45) is 1.90. The van der Waals surface area contributed by atoms with Crippen molar-refractivity contribution >= 4 is 34.2 Å². The molecule has 0 radical (unpaired) electrons. The van der Waals surface area contributed by atoms with Crippen LogP contribution in [0.4, 0.5) is 20.6 Å². The number of halogens is 1. The molecule has 1 saturated heterocycles. The Morgan fingerprint density at radius 3 is 2.53 bits per heavy atom. The van der Waals surface area contributed by atoms with Gasteiger partial charge in [-0.2, -0.15) is 0 Å². The van der Waals surface area contributed by atoms with E-state index in [4.69, 9.17) is 0 Å². The number of aliphatic hydroxyl groups is 1. The number of aromatic amines is 1. The van der Waals surface area contributed by atoms with Crippen LogP contribution in [0.5, 0.6) is 0 Å². The summed E-state index contributed by atoms with van der Waals surface area (Å²) in [7, 11) is 3.98. The SMILES string of the molecule is CC(c1c[nH]c2ccccc12)C(NC(=O)N1CCN(c2ccc(F)cc2CO)CC1)C(=O)Nc1cccc(CN(C)C)c1. The molecule has 43 heavy (non-hydrogen) atoms. The number of hydrogen-bond acceptors (Lipinski definition) is 5. The smallest absolute Gasteiger partial charge is 0.318 e. The molecule has 0 bridgehead atoms. The Bertz CT molecular complexity index is 1580. The molecule has 5 rings (SSSR count). The number of rotatable bonds is 9. The maximum atomic E-state index is 13.8. The zero-order valence-corrected chi connectivity index (χ0v) is 24.8. The maximum absolute atomic E-state index is 13.8. The van der Waals surface area contributed by atoms with Gasteiger partial charge >= 0.3 is 6.03 Å². The predicted octanol–water partition coefficient (Wildman–Crippen LogP) is 4.50. The Hall–Kier alpha value is -4.41. The van der Waals surface area contributed by atoms with Crippen LogP contribution in [0.1, 0.15) is 29.5 Å². The standard InChI is InChI=1S/C33H39FN6O3/c1-22(28-19-35-29-10-5-4-9-27(28)29)31(32(42)36-26-8-6-7-23(17-26)20-38(2)3)37-33(43)40-15-13-39(14-16-40)30-12-11-25(34)18-24(30)21-41/h4-12,17-19,22,31,35,41H,13-16,20-21H2,1-3H3,(H,36,42)(H,37,43). The summed E-state index contributed by atoms with van der Waals surface area (Å²) in [5.74, 6) is -1.03. The van der Waals surface area contributed by atoms with E-state index in [-0.39, 0.29) is 24.5 Å². The van der Waals surface area contributed by atoms with E-state index in [1.54, 1.807) is 11.0 Å². The summed E-state index contributed by atoms with van der Waals surface area (Å²) in [6.45, 7) is 4.27. The van der Waals surface area contributed by atoms with Crippen LogP contribution in [-0.2, 0) is 17.9 Å². The lowest BCUT2D eigenvalue weighted by Crippen LogP contribution is -2.56. The highest BCUT2D eigenvalue weighted by atomic mass is 19.1. The van der Waals surface area contributed by atoms with E-state index in [9.17, 15) is 19.1 Å². The number of anilines is 2. The fourth-order valence-electron chi connectivity index (χ4n) is 5.76. The van der Waals surface area contributed by atoms with Gasteiger partial charge in [-0.3, -0.25) is 4.79 Å². The van der Waals surface area contributed by atoms with Gasteiger partial charge in [-0.05, 0) is 61.6 Å². The number of H-pyrrole nitrogens is 1. The lowest BCUT2D eigenvalue weighted by atomic mass is 9.92. The highest BCUT2D eigenvalue weighted by Gasteiger charge is 2.32. The fraction of sp³-hybridized carbons (Fsp3) is 0.333. The molecular formula is C33H39FN6O3. The fourth-order valence-corrected chi connectivity index (χ4v) is 5.76. The average Bonchev–Trinajstić information content (AvgIpc) is 3.43. The summed E-state index contributed by atoms with van der Waals surface area (Å²) in [4.78, 5) is 36.5. The summed E-state index contributed by atoms with van der Waals surface area (Å²) in [5, 5.41) is 16.8. The minimum Gasteiger partial charge on any atom is -0.392 e. The molecule has 0 aliphatic carbocycles. The first-order chi connectivity index (χ1) is 20.7.